The fourth-order valence-electron chi connectivity index (χ4n) is 8.25. The lowest BCUT2D eigenvalue weighted by Gasteiger charge is -2.49. The molecule has 2 aliphatic heterocycles. The van der Waals surface area contributed by atoms with E-state index in [-0.39, 0.29) is 24.1 Å². The number of fused-ring (bicyclic) bond motifs is 1. The zero-order chi connectivity index (χ0) is 46.9. The lowest BCUT2D eigenvalue weighted by Crippen LogP contribution is -2.71. The number of benzene rings is 4. The second-order valence-corrected chi connectivity index (χ2v) is 21.0. The molecule has 2 aromatic heterocycles. The maximum atomic E-state index is 14.5. The first-order chi connectivity index (χ1) is 33.3. The number of hydrogen-bond acceptors (Lipinski definition) is 17. The van der Waals surface area contributed by atoms with Gasteiger partial charge in [-0.15, -0.1) is 23.1 Å². The summed E-state index contributed by atoms with van der Waals surface area (Å²) < 4.78 is 16.3. The lowest BCUT2D eigenvalue weighted by molar-refractivity contribution is -0.153. The van der Waals surface area contributed by atoms with Crippen LogP contribution in [-0.4, -0.2) is 91.2 Å². The molecular weight excluding hydrogens is 957 g/mol. The molecule has 0 radical (unpaired) electrons. The number of rotatable bonds is 20. The smallest absolute Gasteiger partial charge is 0.355 e. The van der Waals surface area contributed by atoms with Crippen molar-refractivity contribution in [2.75, 3.05) is 36.2 Å². The SMILES string of the molecule is COc1ccc(COC(=O)C2=C(CSc3nc(SCCN)ns3)CS[C@@H]3C(NC(=O)/C(=N\OC4CCCC4)c4csc(NC(c5ccccc5)(c5ccccc5)c5ccccc5)n4)C(=O)N23)cc1. The zero-order valence-corrected chi connectivity index (χ0v) is 41.0. The number of nitrogens with one attached hydrogen (secondary N) is 2. The van der Waals surface area contributed by atoms with Gasteiger partial charge in [0.15, 0.2) is 15.2 Å². The number of oxime groups is 1. The van der Waals surface area contributed by atoms with E-state index in [1.807, 2.05) is 66.7 Å². The second kappa shape index (κ2) is 22.2. The van der Waals surface area contributed by atoms with Crippen LogP contribution >= 0.6 is 58.2 Å². The highest BCUT2D eigenvalue weighted by molar-refractivity contribution is 8.02. The van der Waals surface area contributed by atoms with E-state index in [4.69, 9.17) is 25.0 Å². The van der Waals surface area contributed by atoms with Crippen molar-refractivity contribution in [1.82, 2.24) is 24.6 Å². The Bertz CT molecular complexity index is 2650. The Balaban J connectivity index is 0.976. The number of nitrogens with zero attached hydrogens (tertiary/aromatic N) is 5. The molecule has 350 valence electrons. The van der Waals surface area contributed by atoms with Gasteiger partial charge in [-0.1, -0.05) is 132 Å². The number of amides is 2. The number of nitrogens with two attached hydrogens (primary N) is 1. The van der Waals surface area contributed by atoms with Gasteiger partial charge < -0.3 is 30.7 Å². The highest BCUT2D eigenvalue weighted by atomic mass is 32.2. The fraction of sp³-hybridized carbons (Fsp3) is 0.286. The third-order valence-electron chi connectivity index (χ3n) is 11.6. The van der Waals surface area contributed by atoms with Gasteiger partial charge in [0, 0.05) is 29.2 Å². The molecule has 14 nitrogen and oxygen atoms in total. The maximum absolute atomic E-state index is 14.5. The molecule has 4 heterocycles. The summed E-state index contributed by atoms with van der Waals surface area (Å²) in [7, 11) is 1.58. The predicted octanol–water partition coefficient (Wildman–Crippen LogP) is 8.31. The summed E-state index contributed by atoms with van der Waals surface area (Å²) >= 11 is 7.00. The topological polar surface area (TPSA) is 183 Å². The second-order valence-electron chi connectivity index (χ2n) is 16.0. The highest BCUT2D eigenvalue weighted by Gasteiger charge is 2.55. The number of carbonyl (C=O) groups is 3. The number of thiazole rings is 1. The van der Waals surface area contributed by atoms with E-state index in [9.17, 15) is 14.4 Å². The summed E-state index contributed by atoms with van der Waals surface area (Å²) in [6.07, 6.45) is 3.51. The van der Waals surface area contributed by atoms with E-state index < -0.39 is 34.7 Å². The molecular formula is C49H48N8O6S5. The Morgan fingerprint density at radius 2 is 1.56 bits per heavy atom. The van der Waals surface area contributed by atoms with Gasteiger partial charge in [-0.3, -0.25) is 14.5 Å². The number of esters is 1. The Kier molecular flexibility index (Phi) is 15.4. The molecule has 9 rings (SSSR count). The van der Waals surface area contributed by atoms with Gasteiger partial charge in [0.25, 0.3) is 11.8 Å². The minimum absolute atomic E-state index is 0.0145. The Morgan fingerprint density at radius 3 is 2.19 bits per heavy atom. The summed E-state index contributed by atoms with van der Waals surface area (Å²) in [4.78, 5) is 60.0. The normalized spacial score (nSPS) is 17.4. The summed E-state index contributed by atoms with van der Waals surface area (Å²) in [5, 5.41) is 13.6. The van der Waals surface area contributed by atoms with Crippen molar-refractivity contribution in [3.63, 3.8) is 0 Å². The van der Waals surface area contributed by atoms with Gasteiger partial charge in [-0.2, -0.15) is 4.37 Å². The van der Waals surface area contributed by atoms with Crippen molar-refractivity contribution in [2.24, 2.45) is 10.9 Å². The van der Waals surface area contributed by atoms with Crippen molar-refractivity contribution < 1.29 is 28.7 Å². The Hall–Kier alpha value is -5.70. The Labute approximate surface area is 415 Å². The van der Waals surface area contributed by atoms with E-state index in [0.717, 1.165) is 52.3 Å². The van der Waals surface area contributed by atoms with E-state index in [2.05, 4.69) is 61.5 Å². The maximum Gasteiger partial charge on any atom is 0.355 e. The van der Waals surface area contributed by atoms with Gasteiger partial charge >= 0.3 is 5.97 Å². The van der Waals surface area contributed by atoms with Crippen molar-refractivity contribution in [3.05, 3.63) is 160 Å². The summed E-state index contributed by atoms with van der Waals surface area (Å²) in [5.74, 6) is 0.463. The first-order valence-corrected chi connectivity index (χ1v) is 26.7. The number of β-lactam (4-membered cyclic amide) rings is 1. The van der Waals surface area contributed by atoms with Gasteiger partial charge in [-0.05, 0) is 77.2 Å². The average Bonchev–Trinajstić information content (AvgIpc) is 4.20. The minimum atomic E-state index is -0.966. The minimum Gasteiger partial charge on any atom is -0.497 e. The molecule has 1 unspecified atom stereocenters. The molecule has 19 heteroatoms. The molecule has 1 aliphatic carbocycles. The lowest BCUT2D eigenvalue weighted by atomic mass is 9.77. The van der Waals surface area contributed by atoms with Crippen molar-refractivity contribution in [1.29, 1.82) is 0 Å². The number of carbonyl (C=O) groups excluding carboxylic acids is 3. The quantitative estimate of drug-likeness (QED) is 0.0166. The highest BCUT2D eigenvalue weighted by Crippen LogP contribution is 2.43. The van der Waals surface area contributed by atoms with Crippen LogP contribution in [0.4, 0.5) is 5.13 Å². The van der Waals surface area contributed by atoms with Crippen LogP contribution in [0.25, 0.3) is 0 Å². The first-order valence-electron chi connectivity index (χ1n) is 22.1. The van der Waals surface area contributed by atoms with Crippen LogP contribution in [0.3, 0.4) is 0 Å². The number of hydrogen-bond donors (Lipinski definition) is 3. The van der Waals surface area contributed by atoms with Crippen LogP contribution in [0.5, 0.6) is 5.75 Å². The van der Waals surface area contributed by atoms with Crippen LogP contribution in [0, 0.1) is 0 Å². The third-order valence-corrected chi connectivity index (χ3v) is 16.6. The van der Waals surface area contributed by atoms with E-state index in [1.54, 1.807) is 24.6 Å². The van der Waals surface area contributed by atoms with Gasteiger partial charge in [0.05, 0.1) is 7.11 Å². The molecule has 6 aromatic rings. The molecule has 4 aromatic carbocycles. The van der Waals surface area contributed by atoms with Crippen LogP contribution in [0.1, 0.15) is 53.6 Å². The van der Waals surface area contributed by atoms with Crippen molar-refractivity contribution in [2.45, 2.75) is 64.8 Å². The first kappa shape index (κ1) is 47.4. The monoisotopic (exact) mass is 1000 g/mol. The van der Waals surface area contributed by atoms with E-state index in [0.29, 0.717) is 51.1 Å². The van der Waals surface area contributed by atoms with Crippen LogP contribution in [-0.2, 0) is 36.1 Å². The molecule has 4 N–H and O–H groups in total. The number of aromatic nitrogens is 3. The summed E-state index contributed by atoms with van der Waals surface area (Å²) in [6.45, 7) is 0.496. The molecule has 2 fully saturated rings. The standard InChI is InChI=1S/C49H48N8O6S5/c1-61-36-23-21-31(22-24-36)27-62-45(60)41-32(29-67-48-53-47(56-68-48)64-26-25-50)28-65-44-40(43(59)57(41)44)52-42(58)39(55-63-37-19-11-12-20-37)38-30-66-46(51-38)54-49(33-13-5-2-6-14-33,34-15-7-3-8-16-34)35-17-9-4-10-18-35/h2-10,13-18,21-24,30,37,40,44H,11-12,19-20,25-29,50H2,1H3,(H,51,54)(H,52,58)/b55-39-/t40?,44-/m1/s1. The molecule has 1 saturated carbocycles. The van der Waals surface area contributed by atoms with Crippen molar-refractivity contribution in [3.8, 4) is 5.75 Å². The number of thioether (sulfide) groups is 3. The number of ether oxygens (including phenoxy) is 2. The van der Waals surface area contributed by atoms with Crippen molar-refractivity contribution >= 4 is 86.8 Å². The summed E-state index contributed by atoms with van der Waals surface area (Å²) in [6, 6.07) is 36.8. The van der Waals surface area contributed by atoms with Crippen LogP contribution in [0.15, 0.2) is 147 Å². The third kappa shape index (κ3) is 10.5. The fourth-order valence-corrected chi connectivity index (χ4v) is 12.9. The average molecular weight is 1010 g/mol. The van der Waals surface area contributed by atoms with E-state index in [1.165, 1.54) is 63.1 Å². The zero-order valence-electron chi connectivity index (χ0n) is 36.9. The van der Waals surface area contributed by atoms with Gasteiger partial charge in [0.2, 0.25) is 5.16 Å². The van der Waals surface area contributed by atoms with Gasteiger partial charge in [0.1, 0.15) is 46.8 Å². The molecule has 2 amide bonds. The number of methoxy groups -OCH3 is 1. The predicted molar refractivity (Wildman–Crippen MR) is 270 cm³/mol. The molecule has 68 heavy (non-hydrogen) atoms. The molecule has 1 saturated heterocycles. The van der Waals surface area contributed by atoms with Crippen LogP contribution < -0.4 is 21.1 Å². The molecule has 0 spiro atoms. The molecule has 3 aliphatic rings. The molecule has 0 bridgehead atoms. The summed E-state index contributed by atoms with van der Waals surface area (Å²) in [5.41, 5.74) is 9.68. The van der Waals surface area contributed by atoms with E-state index >= 15 is 0 Å². The number of anilines is 1. The molecule has 2 atom stereocenters. The van der Waals surface area contributed by atoms with Gasteiger partial charge in [-0.25, -0.2) is 14.8 Å². The largest absolute Gasteiger partial charge is 0.497 e. The van der Waals surface area contributed by atoms with Crippen LogP contribution in [0.2, 0.25) is 0 Å². The Morgan fingerprint density at radius 1 is 0.897 bits per heavy atom.